The summed E-state index contributed by atoms with van der Waals surface area (Å²) < 4.78 is 0. The average molecular weight is 226 g/mol. The van der Waals surface area contributed by atoms with E-state index in [0.717, 1.165) is 6.42 Å². The molecule has 0 saturated carbocycles. The van der Waals surface area contributed by atoms with Crippen molar-refractivity contribution in [3.05, 3.63) is 22.4 Å². The second-order valence-electron chi connectivity index (χ2n) is 3.72. The highest BCUT2D eigenvalue weighted by atomic mass is 32.1. The van der Waals surface area contributed by atoms with Crippen LogP contribution >= 0.6 is 11.3 Å². The number of amides is 1. The molecule has 1 unspecified atom stereocenters. The number of carbonyl (C=O) groups excluding carboxylic acids is 1. The van der Waals surface area contributed by atoms with Crippen LogP contribution in [0.2, 0.25) is 0 Å². The van der Waals surface area contributed by atoms with Crippen molar-refractivity contribution < 1.29 is 4.79 Å². The van der Waals surface area contributed by atoms with Crippen molar-refractivity contribution in [1.29, 1.82) is 0 Å². The van der Waals surface area contributed by atoms with E-state index in [-0.39, 0.29) is 17.9 Å². The molecule has 0 radical (unpaired) electrons. The molecule has 0 bridgehead atoms. The van der Waals surface area contributed by atoms with Crippen LogP contribution < -0.4 is 11.1 Å². The van der Waals surface area contributed by atoms with Crippen LogP contribution in [-0.4, -0.2) is 12.5 Å². The highest BCUT2D eigenvalue weighted by Crippen LogP contribution is 2.18. The highest BCUT2D eigenvalue weighted by molar-refractivity contribution is 7.10. The van der Waals surface area contributed by atoms with Crippen molar-refractivity contribution in [2.75, 3.05) is 6.54 Å². The van der Waals surface area contributed by atoms with Gasteiger partial charge in [0.15, 0.2) is 0 Å². The van der Waals surface area contributed by atoms with Gasteiger partial charge in [-0.1, -0.05) is 13.0 Å². The standard InChI is InChI=1S/C11H18N2OS/c1-8(5-6-12)11(14)13-9(2)10-4-3-7-15-10/h3-4,7-9H,5-6,12H2,1-2H3,(H,13,14)/t8?,9-/m0/s1. The first-order chi connectivity index (χ1) is 7.15. The number of nitrogens with one attached hydrogen (secondary N) is 1. The number of thiophene rings is 1. The molecule has 3 nitrogen and oxygen atoms in total. The van der Waals surface area contributed by atoms with E-state index in [2.05, 4.69) is 5.32 Å². The van der Waals surface area contributed by atoms with Gasteiger partial charge in [0, 0.05) is 10.8 Å². The second-order valence-corrected chi connectivity index (χ2v) is 4.70. The van der Waals surface area contributed by atoms with Crippen LogP contribution in [0, 0.1) is 5.92 Å². The van der Waals surface area contributed by atoms with E-state index in [0.29, 0.717) is 6.54 Å². The van der Waals surface area contributed by atoms with Crippen LogP contribution in [0.1, 0.15) is 31.2 Å². The SMILES string of the molecule is CC(CCN)C(=O)N[C@@H](C)c1cccs1. The van der Waals surface area contributed by atoms with Crippen LogP contribution in [0.5, 0.6) is 0 Å². The van der Waals surface area contributed by atoms with Gasteiger partial charge < -0.3 is 11.1 Å². The van der Waals surface area contributed by atoms with Crippen molar-refractivity contribution in [3.8, 4) is 0 Å². The highest BCUT2D eigenvalue weighted by Gasteiger charge is 2.15. The van der Waals surface area contributed by atoms with Gasteiger partial charge in [-0.25, -0.2) is 0 Å². The lowest BCUT2D eigenvalue weighted by atomic mass is 10.1. The summed E-state index contributed by atoms with van der Waals surface area (Å²) in [6.07, 6.45) is 0.739. The molecular weight excluding hydrogens is 208 g/mol. The fourth-order valence-corrected chi connectivity index (χ4v) is 2.08. The second kappa shape index (κ2) is 5.88. The number of carbonyl (C=O) groups is 1. The van der Waals surface area contributed by atoms with Crippen LogP contribution in [0.25, 0.3) is 0 Å². The van der Waals surface area contributed by atoms with E-state index in [9.17, 15) is 4.79 Å². The molecule has 1 aromatic rings. The van der Waals surface area contributed by atoms with E-state index in [4.69, 9.17) is 5.73 Å². The first-order valence-corrected chi connectivity index (χ1v) is 6.07. The summed E-state index contributed by atoms with van der Waals surface area (Å²) in [5.74, 6) is 0.0822. The van der Waals surface area contributed by atoms with Crippen molar-refractivity contribution in [3.63, 3.8) is 0 Å². The molecule has 84 valence electrons. The molecule has 4 heteroatoms. The van der Waals surface area contributed by atoms with E-state index < -0.39 is 0 Å². The van der Waals surface area contributed by atoms with Gasteiger partial charge in [0.05, 0.1) is 6.04 Å². The van der Waals surface area contributed by atoms with Crippen LogP contribution in [0.4, 0.5) is 0 Å². The van der Waals surface area contributed by atoms with Gasteiger partial charge in [-0.05, 0) is 31.3 Å². The predicted molar refractivity (Wildman–Crippen MR) is 63.7 cm³/mol. The van der Waals surface area contributed by atoms with E-state index in [1.807, 2.05) is 31.4 Å². The zero-order valence-electron chi connectivity index (χ0n) is 9.19. The Morgan fingerprint density at radius 3 is 2.87 bits per heavy atom. The lowest BCUT2D eigenvalue weighted by Crippen LogP contribution is -2.32. The third kappa shape index (κ3) is 3.64. The number of nitrogens with two attached hydrogens (primary N) is 1. The van der Waals surface area contributed by atoms with Crippen LogP contribution in [0.15, 0.2) is 17.5 Å². The topological polar surface area (TPSA) is 55.1 Å². The largest absolute Gasteiger partial charge is 0.349 e. The molecule has 1 heterocycles. The molecule has 15 heavy (non-hydrogen) atoms. The summed E-state index contributed by atoms with van der Waals surface area (Å²) in [4.78, 5) is 12.9. The average Bonchev–Trinajstić information content (AvgIpc) is 2.70. The van der Waals surface area contributed by atoms with E-state index in [1.54, 1.807) is 11.3 Å². The first-order valence-electron chi connectivity index (χ1n) is 5.19. The molecule has 0 spiro atoms. The quantitative estimate of drug-likeness (QED) is 0.806. The van der Waals surface area contributed by atoms with Crippen molar-refractivity contribution in [2.24, 2.45) is 11.7 Å². The number of hydrogen-bond acceptors (Lipinski definition) is 3. The lowest BCUT2D eigenvalue weighted by molar-refractivity contribution is -0.125. The smallest absolute Gasteiger partial charge is 0.223 e. The van der Waals surface area contributed by atoms with Crippen LogP contribution in [0.3, 0.4) is 0 Å². The molecule has 0 aliphatic rings. The lowest BCUT2D eigenvalue weighted by Gasteiger charge is -2.15. The number of rotatable bonds is 5. The molecule has 0 aliphatic carbocycles. The van der Waals surface area contributed by atoms with Gasteiger partial charge in [-0.2, -0.15) is 0 Å². The molecule has 0 fully saturated rings. The molecule has 1 aromatic heterocycles. The summed E-state index contributed by atoms with van der Waals surface area (Å²) in [6, 6.07) is 4.12. The fraction of sp³-hybridized carbons (Fsp3) is 0.545. The van der Waals surface area contributed by atoms with Gasteiger partial charge in [0.1, 0.15) is 0 Å². The number of hydrogen-bond donors (Lipinski definition) is 2. The van der Waals surface area contributed by atoms with Gasteiger partial charge in [0.2, 0.25) is 5.91 Å². The molecule has 1 amide bonds. The monoisotopic (exact) mass is 226 g/mol. The Morgan fingerprint density at radius 1 is 1.60 bits per heavy atom. The minimum absolute atomic E-state index is 0.00240. The molecule has 0 aliphatic heterocycles. The minimum atomic E-state index is -0.00240. The molecule has 0 saturated heterocycles. The Labute approximate surface area is 94.7 Å². The molecule has 1 rings (SSSR count). The van der Waals surface area contributed by atoms with E-state index >= 15 is 0 Å². The fourth-order valence-electron chi connectivity index (χ4n) is 1.35. The van der Waals surface area contributed by atoms with Crippen molar-refractivity contribution in [2.45, 2.75) is 26.3 Å². The maximum absolute atomic E-state index is 11.7. The van der Waals surface area contributed by atoms with E-state index in [1.165, 1.54) is 4.88 Å². The molecule has 2 atom stereocenters. The minimum Gasteiger partial charge on any atom is -0.349 e. The molecule has 0 aromatic carbocycles. The van der Waals surface area contributed by atoms with Crippen molar-refractivity contribution >= 4 is 17.2 Å². The normalized spacial score (nSPS) is 14.6. The summed E-state index contributed by atoms with van der Waals surface area (Å²) in [5.41, 5.74) is 5.41. The summed E-state index contributed by atoms with van der Waals surface area (Å²) in [7, 11) is 0. The Bertz CT molecular complexity index is 298. The zero-order chi connectivity index (χ0) is 11.3. The Balaban J connectivity index is 2.44. The van der Waals surface area contributed by atoms with Crippen LogP contribution in [-0.2, 0) is 4.79 Å². The Hall–Kier alpha value is -0.870. The first kappa shape index (κ1) is 12.2. The Morgan fingerprint density at radius 2 is 2.33 bits per heavy atom. The third-order valence-electron chi connectivity index (χ3n) is 2.38. The summed E-state index contributed by atoms with van der Waals surface area (Å²) in [5, 5.41) is 5.00. The maximum Gasteiger partial charge on any atom is 0.223 e. The predicted octanol–water partition coefficient (Wildman–Crippen LogP) is 1.91. The molecular formula is C11H18N2OS. The van der Waals surface area contributed by atoms with Gasteiger partial charge in [-0.3, -0.25) is 4.79 Å². The molecule has 3 N–H and O–H groups in total. The van der Waals surface area contributed by atoms with Gasteiger partial charge in [0.25, 0.3) is 0 Å². The van der Waals surface area contributed by atoms with Gasteiger partial charge >= 0.3 is 0 Å². The third-order valence-corrected chi connectivity index (χ3v) is 3.43. The van der Waals surface area contributed by atoms with Gasteiger partial charge in [-0.15, -0.1) is 11.3 Å². The van der Waals surface area contributed by atoms with Crippen molar-refractivity contribution in [1.82, 2.24) is 5.32 Å². The summed E-state index contributed by atoms with van der Waals surface area (Å²) >= 11 is 1.66. The summed E-state index contributed by atoms with van der Waals surface area (Å²) in [6.45, 7) is 4.46. The Kier molecular flexibility index (Phi) is 4.78. The zero-order valence-corrected chi connectivity index (χ0v) is 10.0. The maximum atomic E-state index is 11.7.